The number of hydrogen-bond acceptors (Lipinski definition) is 2. The zero-order chi connectivity index (χ0) is 10.8. The average molecular weight is 270 g/mol. The summed E-state index contributed by atoms with van der Waals surface area (Å²) in [6, 6.07) is 6.30. The molecule has 0 aliphatic carbocycles. The van der Waals surface area contributed by atoms with Gasteiger partial charge in [0, 0.05) is 6.20 Å². The van der Waals surface area contributed by atoms with Gasteiger partial charge in [-0.1, -0.05) is 12.1 Å². The first-order valence-corrected chi connectivity index (χ1v) is 5.17. The molecule has 15 heavy (non-hydrogen) atoms. The SMILES string of the molecule is Nc1nn(Cc2ccc(F)cc2)cc1Br. The molecule has 0 bridgehead atoms. The standard InChI is InChI=1S/C10H9BrFN3/c11-9-6-15(14-10(9)13)5-7-1-3-8(12)4-2-7/h1-4,6H,5H2,(H2,13,14). The van der Waals surface area contributed by atoms with Gasteiger partial charge in [0.25, 0.3) is 0 Å². The molecule has 2 aromatic rings. The first-order valence-electron chi connectivity index (χ1n) is 4.38. The van der Waals surface area contributed by atoms with Crippen LogP contribution < -0.4 is 5.73 Å². The van der Waals surface area contributed by atoms with Gasteiger partial charge in [0.1, 0.15) is 5.82 Å². The Labute approximate surface area is 94.8 Å². The number of nitrogens with zero attached hydrogens (tertiary/aromatic N) is 2. The highest BCUT2D eigenvalue weighted by Gasteiger charge is 2.02. The van der Waals surface area contributed by atoms with Crippen molar-refractivity contribution in [2.24, 2.45) is 0 Å². The predicted octanol–water partition coefficient (Wildman–Crippen LogP) is 2.42. The summed E-state index contributed by atoms with van der Waals surface area (Å²) >= 11 is 3.27. The van der Waals surface area contributed by atoms with E-state index in [1.807, 2.05) is 0 Å². The van der Waals surface area contributed by atoms with Gasteiger partial charge in [0.2, 0.25) is 0 Å². The van der Waals surface area contributed by atoms with E-state index < -0.39 is 0 Å². The molecule has 78 valence electrons. The van der Waals surface area contributed by atoms with E-state index in [1.165, 1.54) is 12.1 Å². The molecule has 1 aromatic carbocycles. The second kappa shape index (κ2) is 4.02. The molecule has 1 aromatic heterocycles. The molecule has 5 heteroatoms. The molecule has 0 atom stereocenters. The Morgan fingerprint density at radius 2 is 2.00 bits per heavy atom. The molecule has 0 aliphatic rings. The van der Waals surface area contributed by atoms with Gasteiger partial charge in [-0.05, 0) is 33.6 Å². The lowest BCUT2D eigenvalue weighted by molar-refractivity contribution is 0.624. The zero-order valence-electron chi connectivity index (χ0n) is 7.82. The summed E-state index contributed by atoms with van der Waals surface area (Å²) in [5.74, 6) is 0.219. The van der Waals surface area contributed by atoms with Crippen molar-refractivity contribution < 1.29 is 4.39 Å². The molecule has 2 N–H and O–H groups in total. The maximum absolute atomic E-state index is 12.6. The van der Waals surface area contributed by atoms with Crippen molar-refractivity contribution in [3.8, 4) is 0 Å². The van der Waals surface area contributed by atoms with E-state index in [0.29, 0.717) is 12.4 Å². The van der Waals surface area contributed by atoms with E-state index >= 15 is 0 Å². The highest BCUT2D eigenvalue weighted by molar-refractivity contribution is 9.10. The number of rotatable bonds is 2. The number of hydrogen-bond donors (Lipinski definition) is 1. The van der Waals surface area contributed by atoms with Crippen LogP contribution in [0.2, 0.25) is 0 Å². The quantitative estimate of drug-likeness (QED) is 0.910. The second-order valence-electron chi connectivity index (χ2n) is 3.19. The van der Waals surface area contributed by atoms with Gasteiger partial charge in [-0.2, -0.15) is 5.10 Å². The summed E-state index contributed by atoms with van der Waals surface area (Å²) in [5.41, 5.74) is 6.56. The number of anilines is 1. The highest BCUT2D eigenvalue weighted by atomic mass is 79.9. The Morgan fingerprint density at radius 1 is 1.33 bits per heavy atom. The van der Waals surface area contributed by atoms with Crippen LogP contribution in [0.1, 0.15) is 5.56 Å². The third kappa shape index (κ3) is 2.36. The minimum Gasteiger partial charge on any atom is -0.381 e. The normalized spacial score (nSPS) is 10.5. The third-order valence-corrected chi connectivity index (χ3v) is 2.61. The minimum absolute atomic E-state index is 0.236. The smallest absolute Gasteiger partial charge is 0.159 e. The van der Waals surface area contributed by atoms with E-state index in [0.717, 1.165) is 10.0 Å². The van der Waals surface area contributed by atoms with Crippen LogP contribution in [0.5, 0.6) is 0 Å². The van der Waals surface area contributed by atoms with Crippen molar-refractivity contribution in [3.05, 3.63) is 46.3 Å². The summed E-state index contributed by atoms with van der Waals surface area (Å²) in [4.78, 5) is 0. The number of nitrogen functional groups attached to an aromatic ring is 1. The van der Waals surface area contributed by atoms with Gasteiger partial charge in [-0.15, -0.1) is 0 Å². The third-order valence-electron chi connectivity index (χ3n) is 2.00. The van der Waals surface area contributed by atoms with Gasteiger partial charge in [0.05, 0.1) is 11.0 Å². The predicted molar refractivity (Wildman–Crippen MR) is 59.8 cm³/mol. The number of halogens is 2. The van der Waals surface area contributed by atoms with Crippen LogP contribution in [0, 0.1) is 5.82 Å². The van der Waals surface area contributed by atoms with Crippen molar-refractivity contribution in [1.29, 1.82) is 0 Å². The lowest BCUT2D eigenvalue weighted by atomic mass is 10.2. The number of benzene rings is 1. The summed E-state index contributed by atoms with van der Waals surface area (Å²) in [6.45, 7) is 0.579. The molecule has 0 saturated carbocycles. The van der Waals surface area contributed by atoms with Crippen LogP contribution in [0.4, 0.5) is 10.2 Å². The van der Waals surface area contributed by atoms with Gasteiger partial charge < -0.3 is 5.73 Å². The summed E-state index contributed by atoms with van der Waals surface area (Å²) in [6.07, 6.45) is 1.79. The van der Waals surface area contributed by atoms with E-state index in [4.69, 9.17) is 5.73 Å². The molecule has 0 aliphatic heterocycles. The van der Waals surface area contributed by atoms with Crippen LogP contribution in [0.3, 0.4) is 0 Å². The Kier molecular flexibility index (Phi) is 2.73. The first-order chi connectivity index (χ1) is 7.15. The van der Waals surface area contributed by atoms with Gasteiger partial charge in [-0.25, -0.2) is 4.39 Å². The Bertz CT molecular complexity index is 445. The van der Waals surface area contributed by atoms with Gasteiger partial charge in [0.15, 0.2) is 5.82 Å². The van der Waals surface area contributed by atoms with E-state index in [2.05, 4.69) is 21.0 Å². The molecule has 1 heterocycles. The molecular weight excluding hydrogens is 261 g/mol. The molecule has 0 amide bonds. The van der Waals surface area contributed by atoms with Crippen molar-refractivity contribution in [1.82, 2.24) is 9.78 Å². The van der Waals surface area contributed by atoms with Crippen molar-refractivity contribution in [3.63, 3.8) is 0 Å². The van der Waals surface area contributed by atoms with Crippen molar-refractivity contribution in [2.75, 3.05) is 5.73 Å². The first kappa shape index (κ1) is 10.2. The lowest BCUT2D eigenvalue weighted by Gasteiger charge is -2.00. The van der Waals surface area contributed by atoms with Crippen molar-refractivity contribution >= 4 is 21.7 Å². The Hall–Kier alpha value is -1.36. The van der Waals surface area contributed by atoms with Crippen LogP contribution in [0.25, 0.3) is 0 Å². The van der Waals surface area contributed by atoms with E-state index in [1.54, 1.807) is 23.0 Å². The van der Waals surface area contributed by atoms with E-state index in [-0.39, 0.29) is 5.82 Å². The fourth-order valence-corrected chi connectivity index (χ4v) is 1.59. The number of nitrogens with two attached hydrogens (primary N) is 1. The van der Waals surface area contributed by atoms with Crippen LogP contribution in [-0.2, 0) is 6.54 Å². The summed E-state index contributed by atoms with van der Waals surface area (Å²) < 4.78 is 15.1. The highest BCUT2D eigenvalue weighted by Crippen LogP contribution is 2.17. The largest absolute Gasteiger partial charge is 0.381 e. The molecular formula is C10H9BrFN3. The minimum atomic E-state index is -0.236. The monoisotopic (exact) mass is 269 g/mol. The van der Waals surface area contributed by atoms with E-state index in [9.17, 15) is 4.39 Å². The molecule has 0 saturated heterocycles. The fourth-order valence-electron chi connectivity index (χ4n) is 1.27. The second-order valence-corrected chi connectivity index (χ2v) is 4.04. The van der Waals surface area contributed by atoms with Crippen LogP contribution >= 0.6 is 15.9 Å². The molecule has 0 spiro atoms. The molecule has 0 unspecified atom stereocenters. The zero-order valence-corrected chi connectivity index (χ0v) is 9.41. The maximum atomic E-state index is 12.6. The molecule has 3 nitrogen and oxygen atoms in total. The molecule has 0 fully saturated rings. The van der Waals surface area contributed by atoms with Crippen molar-refractivity contribution in [2.45, 2.75) is 6.54 Å². The maximum Gasteiger partial charge on any atom is 0.159 e. The van der Waals surface area contributed by atoms with Crippen LogP contribution in [0.15, 0.2) is 34.9 Å². The molecule has 0 radical (unpaired) electrons. The Balaban J connectivity index is 2.18. The van der Waals surface area contributed by atoms with Gasteiger partial charge >= 0.3 is 0 Å². The topological polar surface area (TPSA) is 43.8 Å². The fraction of sp³-hybridized carbons (Fsp3) is 0.100. The summed E-state index contributed by atoms with van der Waals surface area (Å²) in [5, 5.41) is 4.08. The van der Waals surface area contributed by atoms with Gasteiger partial charge in [-0.3, -0.25) is 4.68 Å². The summed E-state index contributed by atoms with van der Waals surface area (Å²) in [7, 11) is 0. The molecule has 2 rings (SSSR count). The number of aromatic nitrogens is 2. The Morgan fingerprint density at radius 3 is 2.53 bits per heavy atom. The lowest BCUT2D eigenvalue weighted by Crippen LogP contribution is -2.00. The average Bonchev–Trinajstić information content (AvgIpc) is 2.50. The van der Waals surface area contributed by atoms with Crippen LogP contribution in [-0.4, -0.2) is 9.78 Å².